The molecular weight excluding hydrogens is 468 g/mol. The van der Waals surface area contributed by atoms with Crippen molar-refractivity contribution < 1.29 is 9.53 Å². The Morgan fingerprint density at radius 2 is 2.12 bits per heavy atom. The number of benzene rings is 1. The maximum absolute atomic E-state index is 12.0. The Hall–Kier alpha value is -0.920. The van der Waals surface area contributed by atoms with Crippen molar-refractivity contribution in [1.82, 2.24) is 10.6 Å². The first-order valence-electron chi connectivity index (χ1n) is 8.29. The van der Waals surface area contributed by atoms with Gasteiger partial charge >= 0.3 is 0 Å². The minimum Gasteiger partial charge on any atom is -0.482 e. The third-order valence-corrected chi connectivity index (χ3v) is 5.20. The Morgan fingerprint density at radius 1 is 1.32 bits per heavy atom. The number of halogens is 2. The minimum absolute atomic E-state index is 0.0892. The van der Waals surface area contributed by atoms with Crippen LogP contribution in [0.1, 0.15) is 37.7 Å². The molecule has 0 saturated carbocycles. The number of allylic oxidation sites excluding steroid dienone is 1. The van der Waals surface area contributed by atoms with Gasteiger partial charge in [-0.3, -0.25) is 4.79 Å². The van der Waals surface area contributed by atoms with E-state index >= 15 is 0 Å². The molecule has 2 rings (SSSR count). The van der Waals surface area contributed by atoms with E-state index in [4.69, 9.17) is 17.0 Å². The average Bonchev–Trinajstić information content (AvgIpc) is 2.54. The number of thiocarbonyl (C=S) groups is 1. The van der Waals surface area contributed by atoms with Gasteiger partial charge in [-0.15, -0.1) is 0 Å². The van der Waals surface area contributed by atoms with Crippen LogP contribution < -0.4 is 15.4 Å². The van der Waals surface area contributed by atoms with Gasteiger partial charge in [-0.05, 0) is 84.9 Å². The predicted octanol–water partition coefficient (Wildman–Crippen LogP) is 4.78. The first-order valence-corrected chi connectivity index (χ1v) is 10.3. The Morgan fingerprint density at radius 3 is 2.80 bits per heavy atom. The van der Waals surface area contributed by atoms with E-state index < -0.39 is 0 Å². The molecule has 2 N–H and O–H groups in total. The molecule has 1 aliphatic carbocycles. The Bertz CT molecular complexity index is 654. The summed E-state index contributed by atoms with van der Waals surface area (Å²) in [5, 5.41) is 6.07. The quantitative estimate of drug-likeness (QED) is 0.446. The number of rotatable bonds is 6. The molecule has 1 aliphatic rings. The molecule has 0 bridgehead atoms. The zero-order valence-corrected chi connectivity index (χ0v) is 18.2. The molecule has 0 aromatic heterocycles. The Kier molecular flexibility index (Phi) is 8.39. The second kappa shape index (κ2) is 10.3. The summed E-state index contributed by atoms with van der Waals surface area (Å²) >= 11 is 12.0. The summed E-state index contributed by atoms with van der Waals surface area (Å²) in [6.07, 6.45) is 8.21. The molecule has 0 fully saturated rings. The van der Waals surface area contributed by atoms with Crippen molar-refractivity contribution in [3.8, 4) is 5.75 Å². The molecule has 1 amide bonds. The van der Waals surface area contributed by atoms with Crippen molar-refractivity contribution in [2.45, 2.75) is 39.0 Å². The van der Waals surface area contributed by atoms with Gasteiger partial charge in [0, 0.05) is 11.0 Å². The van der Waals surface area contributed by atoms with E-state index in [-0.39, 0.29) is 12.5 Å². The fourth-order valence-corrected chi connectivity index (χ4v) is 4.45. The lowest BCUT2D eigenvalue weighted by atomic mass is 9.97. The van der Waals surface area contributed by atoms with Crippen LogP contribution in [0.25, 0.3) is 0 Å². The number of hydrogen-bond acceptors (Lipinski definition) is 3. The summed E-state index contributed by atoms with van der Waals surface area (Å²) in [7, 11) is 0. The van der Waals surface area contributed by atoms with E-state index in [0.29, 0.717) is 10.9 Å². The van der Waals surface area contributed by atoms with Crippen LogP contribution >= 0.6 is 44.1 Å². The number of aryl methyl sites for hydroxylation is 1. The van der Waals surface area contributed by atoms with Crippen LogP contribution in [0.5, 0.6) is 5.75 Å². The van der Waals surface area contributed by atoms with E-state index in [9.17, 15) is 4.79 Å². The van der Waals surface area contributed by atoms with Crippen LogP contribution in [0.3, 0.4) is 0 Å². The highest BCUT2D eigenvalue weighted by Gasteiger charge is 2.11. The fourth-order valence-electron chi connectivity index (χ4n) is 2.68. The monoisotopic (exact) mass is 488 g/mol. The second-order valence-electron chi connectivity index (χ2n) is 5.98. The van der Waals surface area contributed by atoms with Gasteiger partial charge in [0.1, 0.15) is 5.75 Å². The number of nitrogens with one attached hydrogen (secondary N) is 2. The van der Waals surface area contributed by atoms with Crippen LogP contribution in [0.4, 0.5) is 0 Å². The molecular formula is C18H22Br2N2O2S. The maximum atomic E-state index is 12.0. The zero-order valence-electron chi connectivity index (χ0n) is 14.2. The fraction of sp³-hybridized carbons (Fsp3) is 0.444. The largest absolute Gasteiger partial charge is 0.482 e. The molecule has 0 radical (unpaired) electrons. The number of carbonyl (C=O) groups is 1. The van der Waals surface area contributed by atoms with Crippen LogP contribution in [0, 0.1) is 6.92 Å². The van der Waals surface area contributed by atoms with E-state index in [2.05, 4.69) is 48.6 Å². The molecule has 0 spiro atoms. The van der Waals surface area contributed by atoms with Crippen LogP contribution in [0.2, 0.25) is 0 Å². The van der Waals surface area contributed by atoms with E-state index in [1.807, 2.05) is 19.1 Å². The Balaban J connectivity index is 1.71. The summed E-state index contributed by atoms with van der Waals surface area (Å²) in [5.41, 5.74) is 2.42. The maximum Gasteiger partial charge on any atom is 0.264 e. The van der Waals surface area contributed by atoms with Gasteiger partial charge in [-0.2, -0.15) is 0 Å². The smallest absolute Gasteiger partial charge is 0.264 e. The highest BCUT2D eigenvalue weighted by Crippen LogP contribution is 2.32. The second-order valence-corrected chi connectivity index (χ2v) is 8.16. The van der Waals surface area contributed by atoms with Crippen molar-refractivity contribution in [2.75, 3.05) is 13.2 Å². The average molecular weight is 490 g/mol. The Labute approximate surface area is 171 Å². The van der Waals surface area contributed by atoms with Crippen molar-refractivity contribution in [3.63, 3.8) is 0 Å². The highest BCUT2D eigenvalue weighted by molar-refractivity contribution is 9.11. The first kappa shape index (κ1) is 20.4. The number of amides is 1. The summed E-state index contributed by atoms with van der Waals surface area (Å²) < 4.78 is 7.36. The van der Waals surface area contributed by atoms with Crippen molar-refractivity contribution in [1.29, 1.82) is 0 Å². The molecule has 25 heavy (non-hydrogen) atoms. The van der Waals surface area contributed by atoms with Crippen LogP contribution in [0.15, 0.2) is 32.7 Å². The van der Waals surface area contributed by atoms with Crippen molar-refractivity contribution >= 4 is 55.1 Å². The lowest BCUT2D eigenvalue weighted by molar-refractivity contribution is -0.121. The van der Waals surface area contributed by atoms with E-state index in [0.717, 1.165) is 27.5 Å². The van der Waals surface area contributed by atoms with Gasteiger partial charge in [0.05, 0.1) is 4.47 Å². The third kappa shape index (κ3) is 7.07. The molecule has 0 unspecified atom stereocenters. The van der Waals surface area contributed by atoms with Crippen LogP contribution in [-0.4, -0.2) is 24.2 Å². The van der Waals surface area contributed by atoms with Gasteiger partial charge in [0.2, 0.25) is 0 Å². The van der Waals surface area contributed by atoms with Crippen molar-refractivity contribution in [2.24, 2.45) is 0 Å². The number of ether oxygens (including phenoxy) is 1. The molecule has 0 atom stereocenters. The molecule has 7 heteroatoms. The van der Waals surface area contributed by atoms with Gasteiger partial charge < -0.3 is 15.4 Å². The summed E-state index contributed by atoms with van der Waals surface area (Å²) in [6.45, 7) is 2.58. The topological polar surface area (TPSA) is 50.4 Å². The SMILES string of the molecule is Cc1cc(Br)cc(Br)c1OCC(=O)NC(=S)NCCC1=CCCCC1. The van der Waals surface area contributed by atoms with Gasteiger partial charge in [0.15, 0.2) is 11.7 Å². The lowest BCUT2D eigenvalue weighted by Crippen LogP contribution is -2.41. The minimum atomic E-state index is -0.274. The summed E-state index contributed by atoms with van der Waals surface area (Å²) in [4.78, 5) is 12.0. The summed E-state index contributed by atoms with van der Waals surface area (Å²) in [6, 6.07) is 3.82. The predicted molar refractivity (Wildman–Crippen MR) is 112 cm³/mol. The highest BCUT2D eigenvalue weighted by atomic mass is 79.9. The molecule has 0 heterocycles. The molecule has 0 aliphatic heterocycles. The van der Waals surface area contributed by atoms with Gasteiger partial charge in [0.25, 0.3) is 5.91 Å². The van der Waals surface area contributed by atoms with Gasteiger partial charge in [-0.25, -0.2) is 0 Å². The molecule has 0 saturated heterocycles. The lowest BCUT2D eigenvalue weighted by Gasteiger charge is -2.15. The molecule has 1 aromatic carbocycles. The first-order chi connectivity index (χ1) is 12.0. The molecule has 4 nitrogen and oxygen atoms in total. The van der Waals surface area contributed by atoms with Crippen molar-refractivity contribution in [3.05, 3.63) is 38.3 Å². The third-order valence-electron chi connectivity index (χ3n) is 3.91. The van der Waals surface area contributed by atoms with Crippen LogP contribution in [-0.2, 0) is 4.79 Å². The summed E-state index contributed by atoms with van der Waals surface area (Å²) in [5.74, 6) is 0.380. The number of hydrogen-bond donors (Lipinski definition) is 2. The number of carbonyl (C=O) groups excluding carboxylic acids is 1. The normalized spacial score (nSPS) is 13.8. The zero-order chi connectivity index (χ0) is 18.2. The molecule has 1 aromatic rings. The van der Waals surface area contributed by atoms with E-state index in [1.165, 1.54) is 31.3 Å². The standard InChI is InChI=1S/C18H22Br2N2O2S/c1-12-9-14(19)10-15(20)17(12)24-11-16(23)22-18(25)21-8-7-13-5-3-2-4-6-13/h5,9-10H,2-4,6-8,11H2,1H3,(H2,21,22,23,25). The van der Waals surface area contributed by atoms with Gasteiger partial charge in [-0.1, -0.05) is 27.6 Å². The molecule has 136 valence electrons. The van der Waals surface area contributed by atoms with E-state index in [1.54, 1.807) is 0 Å².